The Kier molecular flexibility index (Phi) is 4.53. The molecule has 0 unspecified atom stereocenters. The summed E-state index contributed by atoms with van der Waals surface area (Å²) >= 11 is 0. The molecule has 0 atom stereocenters. The van der Waals surface area contributed by atoms with Crippen molar-refractivity contribution in [3.05, 3.63) is 140 Å². The number of hydrogen-bond acceptors (Lipinski definition) is 0. The Morgan fingerprint density at radius 1 is 0.314 bits per heavy atom. The lowest BCUT2D eigenvalue weighted by molar-refractivity contribution is 1.18. The van der Waals surface area contributed by atoms with Crippen molar-refractivity contribution in [2.45, 2.75) is 0 Å². The molecule has 0 bridgehead atoms. The number of rotatable bonds is 3. The number of fused-ring (bicyclic) bond motifs is 4. The molecule has 1 heteroatoms. The third-order valence-corrected chi connectivity index (χ3v) is 7.03. The van der Waals surface area contributed by atoms with Gasteiger partial charge >= 0.3 is 0 Å². The predicted octanol–water partition coefficient (Wildman–Crippen LogP) is 9.27. The molecule has 0 saturated heterocycles. The summed E-state index contributed by atoms with van der Waals surface area (Å²) in [6.45, 7) is 0. The molecule has 35 heavy (non-hydrogen) atoms. The first-order valence-corrected chi connectivity index (χ1v) is 12.0. The molecule has 1 nitrogen and oxygen atoms in total. The van der Waals surface area contributed by atoms with E-state index in [1.165, 1.54) is 60.5 Å². The van der Waals surface area contributed by atoms with E-state index in [1.54, 1.807) is 0 Å². The standard InChI is InChI=1S/C34H23N/c1-2-10-24(11-3-1)27-22-23-28(30-13-5-4-12-29(27)30)25-18-20-26(21-19-25)35-33-16-8-6-14-31(33)32-15-7-9-17-34(32)35/h1-23H. The summed E-state index contributed by atoms with van der Waals surface area (Å²) in [5.74, 6) is 0. The number of nitrogens with zero attached hydrogens (tertiary/aromatic N) is 1. The van der Waals surface area contributed by atoms with E-state index in [4.69, 9.17) is 0 Å². The van der Waals surface area contributed by atoms with Gasteiger partial charge in [-0.15, -0.1) is 0 Å². The predicted molar refractivity (Wildman–Crippen MR) is 149 cm³/mol. The zero-order valence-corrected chi connectivity index (χ0v) is 19.2. The van der Waals surface area contributed by atoms with Crippen molar-refractivity contribution in [1.29, 1.82) is 0 Å². The van der Waals surface area contributed by atoms with E-state index in [2.05, 4.69) is 144 Å². The normalized spacial score (nSPS) is 11.4. The van der Waals surface area contributed by atoms with Gasteiger partial charge in [0.2, 0.25) is 0 Å². The van der Waals surface area contributed by atoms with Crippen LogP contribution in [0.3, 0.4) is 0 Å². The van der Waals surface area contributed by atoms with Crippen LogP contribution >= 0.6 is 0 Å². The summed E-state index contributed by atoms with van der Waals surface area (Å²) < 4.78 is 2.37. The van der Waals surface area contributed by atoms with E-state index < -0.39 is 0 Å². The molecule has 6 aromatic carbocycles. The average Bonchev–Trinajstić information content (AvgIpc) is 3.28. The Morgan fingerprint density at radius 3 is 1.29 bits per heavy atom. The first-order valence-electron chi connectivity index (χ1n) is 12.0. The van der Waals surface area contributed by atoms with Crippen molar-refractivity contribution in [1.82, 2.24) is 4.57 Å². The smallest absolute Gasteiger partial charge is 0.0541 e. The molecule has 0 saturated carbocycles. The second kappa shape index (κ2) is 8.00. The van der Waals surface area contributed by atoms with Crippen LogP contribution in [-0.4, -0.2) is 4.57 Å². The largest absolute Gasteiger partial charge is 0.309 e. The fourth-order valence-electron chi connectivity index (χ4n) is 5.41. The number of para-hydroxylation sites is 2. The molecule has 164 valence electrons. The summed E-state index contributed by atoms with van der Waals surface area (Å²) in [6, 6.07) is 50.2. The fraction of sp³-hybridized carbons (Fsp3) is 0. The summed E-state index contributed by atoms with van der Waals surface area (Å²) in [7, 11) is 0. The van der Waals surface area contributed by atoms with Crippen LogP contribution in [0.1, 0.15) is 0 Å². The van der Waals surface area contributed by atoms with Crippen LogP contribution < -0.4 is 0 Å². The Morgan fingerprint density at radius 2 is 0.743 bits per heavy atom. The molecule has 7 rings (SSSR count). The van der Waals surface area contributed by atoms with Gasteiger partial charge in [0.25, 0.3) is 0 Å². The minimum atomic E-state index is 1.18. The Balaban J connectivity index is 1.38. The first-order chi connectivity index (χ1) is 17.4. The molecular formula is C34H23N. The van der Waals surface area contributed by atoms with Crippen molar-refractivity contribution in [2.24, 2.45) is 0 Å². The van der Waals surface area contributed by atoms with Crippen LogP contribution in [0.2, 0.25) is 0 Å². The highest BCUT2D eigenvalue weighted by atomic mass is 15.0. The van der Waals surface area contributed by atoms with Crippen LogP contribution in [0, 0.1) is 0 Å². The van der Waals surface area contributed by atoms with E-state index in [9.17, 15) is 0 Å². The van der Waals surface area contributed by atoms with Gasteiger partial charge in [0.1, 0.15) is 0 Å². The second-order valence-electron chi connectivity index (χ2n) is 8.99. The highest BCUT2D eigenvalue weighted by Crippen LogP contribution is 2.37. The molecule has 0 aliphatic heterocycles. The van der Waals surface area contributed by atoms with E-state index >= 15 is 0 Å². The van der Waals surface area contributed by atoms with Crippen LogP contribution in [0.4, 0.5) is 0 Å². The maximum absolute atomic E-state index is 2.37. The molecule has 0 radical (unpaired) electrons. The van der Waals surface area contributed by atoms with Gasteiger partial charge in [-0.3, -0.25) is 0 Å². The third kappa shape index (κ3) is 3.17. The molecule has 7 aromatic rings. The highest BCUT2D eigenvalue weighted by Gasteiger charge is 2.13. The molecule has 0 aliphatic carbocycles. The lowest BCUT2D eigenvalue weighted by atomic mass is 9.92. The summed E-state index contributed by atoms with van der Waals surface area (Å²) in [5, 5.41) is 5.13. The third-order valence-electron chi connectivity index (χ3n) is 7.03. The molecule has 1 heterocycles. The van der Waals surface area contributed by atoms with Crippen molar-refractivity contribution < 1.29 is 0 Å². The molecule has 0 fully saturated rings. The molecule has 0 spiro atoms. The molecule has 0 N–H and O–H groups in total. The van der Waals surface area contributed by atoms with Crippen molar-refractivity contribution in [3.8, 4) is 27.9 Å². The Hall–Kier alpha value is -4.62. The van der Waals surface area contributed by atoms with Crippen molar-refractivity contribution in [3.63, 3.8) is 0 Å². The maximum atomic E-state index is 2.37. The zero-order valence-electron chi connectivity index (χ0n) is 19.2. The average molecular weight is 446 g/mol. The number of hydrogen-bond donors (Lipinski definition) is 0. The van der Waals surface area contributed by atoms with E-state index in [0.717, 1.165) is 0 Å². The SMILES string of the molecule is c1ccc(-c2ccc(-c3ccc(-n4c5ccccc5c5ccccc54)cc3)c3ccccc23)cc1. The van der Waals surface area contributed by atoms with Crippen molar-refractivity contribution >= 4 is 32.6 Å². The summed E-state index contributed by atoms with van der Waals surface area (Å²) in [6.07, 6.45) is 0. The van der Waals surface area contributed by atoms with Crippen molar-refractivity contribution in [2.75, 3.05) is 0 Å². The summed E-state index contributed by atoms with van der Waals surface area (Å²) in [4.78, 5) is 0. The lowest BCUT2D eigenvalue weighted by Crippen LogP contribution is -1.93. The quantitative estimate of drug-likeness (QED) is 0.255. The van der Waals surface area contributed by atoms with Crippen LogP contribution in [0.25, 0.3) is 60.5 Å². The van der Waals surface area contributed by atoms with Crippen LogP contribution in [0.5, 0.6) is 0 Å². The molecular weight excluding hydrogens is 422 g/mol. The first kappa shape index (κ1) is 19.8. The monoisotopic (exact) mass is 445 g/mol. The van der Waals surface area contributed by atoms with E-state index in [0.29, 0.717) is 0 Å². The van der Waals surface area contributed by atoms with Gasteiger partial charge in [0, 0.05) is 16.5 Å². The summed E-state index contributed by atoms with van der Waals surface area (Å²) in [5.41, 5.74) is 8.65. The van der Waals surface area contributed by atoms with Gasteiger partial charge in [0.05, 0.1) is 11.0 Å². The Bertz CT molecular complexity index is 1770. The number of benzene rings is 6. The second-order valence-corrected chi connectivity index (χ2v) is 8.99. The minimum Gasteiger partial charge on any atom is -0.309 e. The van der Waals surface area contributed by atoms with Gasteiger partial charge in [0.15, 0.2) is 0 Å². The van der Waals surface area contributed by atoms with Gasteiger partial charge in [-0.2, -0.15) is 0 Å². The minimum absolute atomic E-state index is 1.18. The highest BCUT2D eigenvalue weighted by molar-refractivity contribution is 6.09. The van der Waals surface area contributed by atoms with E-state index in [-0.39, 0.29) is 0 Å². The van der Waals surface area contributed by atoms with Gasteiger partial charge in [-0.05, 0) is 57.3 Å². The van der Waals surface area contributed by atoms with Gasteiger partial charge in [-0.1, -0.05) is 115 Å². The van der Waals surface area contributed by atoms with Crippen LogP contribution in [0.15, 0.2) is 140 Å². The molecule has 0 amide bonds. The fourth-order valence-corrected chi connectivity index (χ4v) is 5.41. The number of aromatic nitrogens is 1. The Labute approximate surface area is 204 Å². The molecule has 1 aromatic heterocycles. The van der Waals surface area contributed by atoms with Gasteiger partial charge in [-0.25, -0.2) is 0 Å². The zero-order chi connectivity index (χ0) is 23.2. The van der Waals surface area contributed by atoms with Crippen LogP contribution in [-0.2, 0) is 0 Å². The maximum Gasteiger partial charge on any atom is 0.0541 e. The van der Waals surface area contributed by atoms with E-state index in [1.807, 2.05) is 0 Å². The van der Waals surface area contributed by atoms with Gasteiger partial charge < -0.3 is 4.57 Å². The topological polar surface area (TPSA) is 4.93 Å². The lowest BCUT2D eigenvalue weighted by Gasteiger charge is -2.13. The molecule has 0 aliphatic rings.